The summed E-state index contributed by atoms with van der Waals surface area (Å²) in [5.74, 6) is 0.815. The van der Waals surface area contributed by atoms with E-state index in [1.165, 1.54) is 25.7 Å². The number of carbonyl (C=O) groups is 1. The van der Waals surface area contributed by atoms with Gasteiger partial charge in [-0.2, -0.15) is 0 Å². The highest BCUT2D eigenvalue weighted by Crippen LogP contribution is 2.18. The van der Waals surface area contributed by atoms with Gasteiger partial charge in [-0.1, -0.05) is 12.8 Å². The lowest BCUT2D eigenvalue weighted by atomic mass is 10.2. The maximum atomic E-state index is 11.5. The lowest BCUT2D eigenvalue weighted by Gasteiger charge is -2.21. The van der Waals surface area contributed by atoms with E-state index in [4.69, 9.17) is 5.73 Å². The monoisotopic (exact) mass is 394 g/mol. The summed E-state index contributed by atoms with van der Waals surface area (Å²) in [5, 5.41) is 2.98. The minimum absolute atomic E-state index is 0. The molecule has 0 bridgehead atoms. The third kappa shape index (κ3) is 6.76. The number of nitrogens with two attached hydrogens (primary N) is 1. The molecule has 0 spiro atoms. The second-order valence-corrected chi connectivity index (χ2v) is 5.59. The molecule has 0 aromatic rings. The molecule has 1 aliphatic carbocycles. The zero-order valence-corrected chi connectivity index (χ0v) is 14.5. The second-order valence-electron chi connectivity index (χ2n) is 5.59. The highest BCUT2D eigenvalue weighted by Gasteiger charge is 2.22. The molecule has 0 radical (unpaired) electrons. The Kier molecular flexibility index (Phi) is 8.25. The molecule has 20 heavy (non-hydrogen) atoms. The normalized spacial score (nSPS) is 20.0. The molecule has 2 rings (SSSR count). The van der Waals surface area contributed by atoms with Crippen molar-refractivity contribution in [1.82, 2.24) is 10.2 Å². The largest absolute Gasteiger partial charge is 0.370 e. The Morgan fingerprint density at radius 3 is 2.45 bits per heavy atom. The number of halogens is 1. The Bertz CT molecular complexity index is 323. The molecule has 1 saturated heterocycles. The standard InChI is InChI=1S/C14H26N4O.HI/c15-14(18-10-3-1-2-4-11-18)16-9-5-6-13(19)17-12-7-8-12;/h12H,1-11H2,(H2,15,16)(H,17,19);1H. The number of carbonyl (C=O) groups excluding carboxylic acids is 1. The van der Waals surface area contributed by atoms with E-state index in [0.29, 0.717) is 25.0 Å². The third-order valence-electron chi connectivity index (χ3n) is 3.71. The van der Waals surface area contributed by atoms with Crippen LogP contribution >= 0.6 is 24.0 Å². The average molecular weight is 394 g/mol. The summed E-state index contributed by atoms with van der Waals surface area (Å²) in [6.45, 7) is 2.70. The van der Waals surface area contributed by atoms with Gasteiger partial charge < -0.3 is 16.0 Å². The van der Waals surface area contributed by atoms with E-state index in [2.05, 4.69) is 15.2 Å². The zero-order chi connectivity index (χ0) is 13.5. The van der Waals surface area contributed by atoms with Crippen molar-refractivity contribution in [2.45, 2.75) is 57.4 Å². The summed E-state index contributed by atoms with van der Waals surface area (Å²) < 4.78 is 0. The molecule has 5 nitrogen and oxygen atoms in total. The van der Waals surface area contributed by atoms with E-state index in [-0.39, 0.29) is 29.9 Å². The summed E-state index contributed by atoms with van der Waals surface area (Å²) >= 11 is 0. The highest BCUT2D eigenvalue weighted by molar-refractivity contribution is 14.0. The molecule has 1 amide bonds. The first-order chi connectivity index (χ1) is 9.25. The molecule has 2 aliphatic rings. The smallest absolute Gasteiger partial charge is 0.220 e. The quantitative estimate of drug-likeness (QED) is 0.324. The SMILES string of the molecule is I.NC(=NCCCC(=O)NC1CC1)N1CCCCCC1. The van der Waals surface area contributed by atoms with Crippen LogP contribution in [0.4, 0.5) is 0 Å². The molecule has 0 unspecified atom stereocenters. The molecule has 6 heteroatoms. The van der Waals surface area contributed by atoms with Gasteiger partial charge in [0, 0.05) is 32.1 Å². The van der Waals surface area contributed by atoms with Gasteiger partial charge in [0.25, 0.3) is 0 Å². The fourth-order valence-corrected chi connectivity index (χ4v) is 2.36. The molecule has 0 aromatic heterocycles. The van der Waals surface area contributed by atoms with Gasteiger partial charge in [0.2, 0.25) is 5.91 Å². The van der Waals surface area contributed by atoms with Crippen LogP contribution in [0, 0.1) is 0 Å². The van der Waals surface area contributed by atoms with E-state index in [0.717, 1.165) is 32.4 Å². The van der Waals surface area contributed by atoms with Gasteiger partial charge in [-0.3, -0.25) is 9.79 Å². The highest BCUT2D eigenvalue weighted by atomic mass is 127. The van der Waals surface area contributed by atoms with Crippen molar-refractivity contribution in [3.8, 4) is 0 Å². The number of amides is 1. The van der Waals surface area contributed by atoms with Crippen molar-refractivity contribution >= 4 is 35.8 Å². The van der Waals surface area contributed by atoms with Crippen molar-refractivity contribution in [1.29, 1.82) is 0 Å². The molecular weight excluding hydrogens is 367 g/mol. The predicted octanol–water partition coefficient (Wildman–Crippen LogP) is 1.85. The summed E-state index contributed by atoms with van der Waals surface area (Å²) in [5.41, 5.74) is 6.00. The van der Waals surface area contributed by atoms with Gasteiger partial charge >= 0.3 is 0 Å². The van der Waals surface area contributed by atoms with E-state index in [1.54, 1.807) is 0 Å². The number of nitrogens with one attached hydrogen (secondary N) is 1. The molecular formula is C14H27IN4O. The molecule has 1 aliphatic heterocycles. The van der Waals surface area contributed by atoms with Gasteiger partial charge in [-0.15, -0.1) is 24.0 Å². The van der Waals surface area contributed by atoms with Gasteiger partial charge in [0.05, 0.1) is 0 Å². The van der Waals surface area contributed by atoms with E-state index >= 15 is 0 Å². The summed E-state index contributed by atoms with van der Waals surface area (Å²) in [4.78, 5) is 18.1. The Morgan fingerprint density at radius 1 is 1.20 bits per heavy atom. The summed E-state index contributed by atoms with van der Waals surface area (Å²) in [6.07, 6.45) is 8.65. The summed E-state index contributed by atoms with van der Waals surface area (Å²) in [7, 11) is 0. The van der Waals surface area contributed by atoms with Crippen LogP contribution in [0.25, 0.3) is 0 Å². The lowest BCUT2D eigenvalue weighted by Crippen LogP contribution is -2.38. The molecule has 0 aromatic carbocycles. The second kappa shape index (κ2) is 9.41. The van der Waals surface area contributed by atoms with Crippen LogP contribution in [0.3, 0.4) is 0 Å². The molecule has 0 atom stereocenters. The van der Waals surface area contributed by atoms with Gasteiger partial charge in [0.15, 0.2) is 5.96 Å². The maximum absolute atomic E-state index is 11.5. The van der Waals surface area contributed by atoms with Crippen LogP contribution in [0.1, 0.15) is 51.4 Å². The zero-order valence-electron chi connectivity index (χ0n) is 12.1. The van der Waals surface area contributed by atoms with Gasteiger partial charge in [0.1, 0.15) is 0 Å². The van der Waals surface area contributed by atoms with Crippen LogP contribution in [-0.2, 0) is 4.79 Å². The topological polar surface area (TPSA) is 70.7 Å². The fourth-order valence-electron chi connectivity index (χ4n) is 2.36. The Balaban J connectivity index is 0.00000200. The van der Waals surface area contributed by atoms with Crippen molar-refractivity contribution < 1.29 is 4.79 Å². The minimum Gasteiger partial charge on any atom is -0.370 e. The van der Waals surface area contributed by atoms with Crippen LogP contribution < -0.4 is 11.1 Å². The van der Waals surface area contributed by atoms with E-state index < -0.39 is 0 Å². The van der Waals surface area contributed by atoms with Gasteiger partial charge in [-0.25, -0.2) is 0 Å². The first-order valence-corrected chi connectivity index (χ1v) is 7.60. The number of guanidine groups is 1. The molecule has 3 N–H and O–H groups in total. The minimum atomic E-state index is 0. The first kappa shape index (κ1) is 17.5. The molecule has 1 heterocycles. The fraction of sp³-hybridized carbons (Fsp3) is 0.857. The number of rotatable bonds is 5. The van der Waals surface area contributed by atoms with Crippen molar-refractivity contribution in [2.75, 3.05) is 19.6 Å². The van der Waals surface area contributed by atoms with Crippen LogP contribution in [-0.4, -0.2) is 42.4 Å². The van der Waals surface area contributed by atoms with Crippen molar-refractivity contribution in [2.24, 2.45) is 10.7 Å². The number of likely N-dealkylation sites (tertiary alicyclic amines) is 1. The lowest BCUT2D eigenvalue weighted by molar-refractivity contribution is -0.121. The van der Waals surface area contributed by atoms with Crippen LogP contribution in [0.15, 0.2) is 4.99 Å². The van der Waals surface area contributed by atoms with E-state index in [1.807, 2.05) is 0 Å². The number of nitrogens with zero attached hydrogens (tertiary/aromatic N) is 2. The molecule has 116 valence electrons. The number of aliphatic imine (C=N–C) groups is 1. The number of hydrogen-bond acceptors (Lipinski definition) is 2. The van der Waals surface area contributed by atoms with E-state index in [9.17, 15) is 4.79 Å². The molecule has 1 saturated carbocycles. The average Bonchev–Trinajstić information content (AvgIpc) is 3.20. The van der Waals surface area contributed by atoms with Crippen LogP contribution in [0.2, 0.25) is 0 Å². The Labute approximate surface area is 138 Å². The summed E-state index contributed by atoms with van der Waals surface area (Å²) in [6, 6.07) is 0.457. The van der Waals surface area contributed by atoms with Crippen molar-refractivity contribution in [3.05, 3.63) is 0 Å². The Hall–Kier alpha value is -0.530. The number of hydrogen-bond donors (Lipinski definition) is 2. The van der Waals surface area contributed by atoms with Crippen LogP contribution in [0.5, 0.6) is 0 Å². The third-order valence-corrected chi connectivity index (χ3v) is 3.71. The van der Waals surface area contributed by atoms with Gasteiger partial charge in [-0.05, 0) is 32.1 Å². The first-order valence-electron chi connectivity index (χ1n) is 7.60. The maximum Gasteiger partial charge on any atom is 0.220 e. The van der Waals surface area contributed by atoms with Crippen molar-refractivity contribution in [3.63, 3.8) is 0 Å². The molecule has 2 fully saturated rings. The predicted molar refractivity (Wildman–Crippen MR) is 92.3 cm³/mol. The Morgan fingerprint density at radius 2 is 1.85 bits per heavy atom.